The fraction of sp³-hybridized carbons (Fsp3) is 1.00. The summed E-state index contributed by atoms with van der Waals surface area (Å²) in [5.74, 6) is 0. The summed E-state index contributed by atoms with van der Waals surface area (Å²) in [6.07, 6.45) is 0.411. The zero-order valence-corrected chi connectivity index (χ0v) is 7.29. The van der Waals surface area contributed by atoms with Gasteiger partial charge in [-0.3, -0.25) is 4.90 Å². The van der Waals surface area contributed by atoms with E-state index in [9.17, 15) is 0 Å². The van der Waals surface area contributed by atoms with Gasteiger partial charge in [0.2, 0.25) is 0 Å². The molecular formula is C8H17NO2. The van der Waals surface area contributed by atoms with E-state index >= 15 is 0 Å². The standard InChI is InChI=1S/C8H17NO2/c1-3-11-8-4-9(5-8)7(2)6-10/h7-8,10H,3-6H2,1-2H3. The molecule has 0 bridgehead atoms. The van der Waals surface area contributed by atoms with Gasteiger partial charge in [-0.2, -0.15) is 0 Å². The highest BCUT2D eigenvalue weighted by Crippen LogP contribution is 2.14. The van der Waals surface area contributed by atoms with Gasteiger partial charge in [0, 0.05) is 25.7 Å². The van der Waals surface area contributed by atoms with Gasteiger partial charge in [0.05, 0.1) is 12.7 Å². The maximum Gasteiger partial charge on any atom is 0.0828 e. The number of hydrogen-bond acceptors (Lipinski definition) is 3. The van der Waals surface area contributed by atoms with Crippen molar-refractivity contribution in [2.24, 2.45) is 0 Å². The number of aliphatic hydroxyl groups excluding tert-OH is 1. The largest absolute Gasteiger partial charge is 0.395 e. The van der Waals surface area contributed by atoms with Crippen LogP contribution in [0.4, 0.5) is 0 Å². The molecule has 0 saturated carbocycles. The second-order valence-electron chi connectivity index (χ2n) is 3.06. The molecule has 0 aromatic rings. The summed E-state index contributed by atoms with van der Waals surface area (Å²) in [5.41, 5.74) is 0. The highest BCUT2D eigenvalue weighted by molar-refractivity contribution is 4.83. The average molecular weight is 159 g/mol. The summed E-state index contributed by atoms with van der Waals surface area (Å²) in [5, 5.41) is 8.80. The molecule has 1 N–H and O–H groups in total. The Morgan fingerprint density at radius 1 is 1.64 bits per heavy atom. The quantitative estimate of drug-likeness (QED) is 0.631. The van der Waals surface area contributed by atoms with E-state index in [0.29, 0.717) is 12.1 Å². The number of rotatable bonds is 4. The molecule has 0 radical (unpaired) electrons. The summed E-state index contributed by atoms with van der Waals surface area (Å²) >= 11 is 0. The molecule has 1 atom stereocenters. The van der Waals surface area contributed by atoms with Gasteiger partial charge in [0.15, 0.2) is 0 Å². The van der Waals surface area contributed by atoms with E-state index in [1.165, 1.54) is 0 Å². The van der Waals surface area contributed by atoms with E-state index in [1.54, 1.807) is 0 Å². The first-order valence-corrected chi connectivity index (χ1v) is 4.24. The van der Waals surface area contributed by atoms with Gasteiger partial charge in [0.1, 0.15) is 0 Å². The molecule has 1 heterocycles. The Morgan fingerprint density at radius 2 is 2.27 bits per heavy atom. The van der Waals surface area contributed by atoms with Crippen molar-refractivity contribution >= 4 is 0 Å². The zero-order chi connectivity index (χ0) is 8.27. The zero-order valence-electron chi connectivity index (χ0n) is 7.29. The predicted molar refractivity (Wildman–Crippen MR) is 43.5 cm³/mol. The normalized spacial score (nSPS) is 23.2. The van der Waals surface area contributed by atoms with E-state index in [-0.39, 0.29) is 6.61 Å². The molecule has 1 rings (SSSR count). The molecule has 3 heteroatoms. The molecule has 1 aliphatic heterocycles. The number of likely N-dealkylation sites (tertiary alicyclic amines) is 1. The van der Waals surface area contributed by atoms with Crippen molar-refractivity contribution in [3.8, 4) is 0 Å². The first-order chi connectivity index (χ1) is 5.27. The lowest BCUT2D eigenvalue weighted by Gasteiger charge is -2.42. The third-order valence-electron chi connectivity index (χ3n) is 2.17. The van der Waals surface area contributed by atoms with E-state index in [0.717, 1.165) is 19.7 Å². The Labute approximate surface area is 68.0 Å². The minimum Gasteiger partial charge on any atom is -0.395 e. The summed E-state index contributed by atoms with van der Waals surface area (Å²) in [6, 6.07) is 0.298. The number of ether oxygens (including phenoxy) is 1. The van der Waals surface area contributed by atoms with E-state index < -0.39 is 0 Å². The van der Waals surface area contributed by atoms with Crippen molar-refractivity contribution in [3.63, 3.8) is 0 Å². The predicted octanol–water partition coefficient (Wildman–Crippen LogP) is 0.0879. The fourth-order valence-electron chi connectivity index (χ4n) is 1.29. The minimum absolute atomic E-state index is 0.249. The van der Waals surface area contributed by atoms with Gasteiger partial charge in [0.25, 0.3) is 0 Å². The summed E-state index contributed by atoms with van der Waals surface area (Å²) in [4.78, 5) is 2.22. The Balaban J connectivity index is 2.08. The lowest BCUT2D eigenvalue weighted by Crippen LogP contribution is -2.56. The van der Waals surface area contributed by atoms with Crippen LogP contribution in [0, 0.1) is 0 Å². The highest BCUT2D eigenvalue weighted by atomic mass is 16.5. The van der Waals surface area contributed by atoms with Gasteiger partial charge in [-0.05, 0) is 13.8 Å². The smallest absolute Gasteiger partial charge is 0.0828 e. The molecule has 1 fully saturated rings. The van der Waals surface area contributed by atoms with Crippen LogP contribution in [0.5, 0.6) is 0 Å². The SMILES string of the molecule is CCOC1CN(C(C)CO)C1. The molecule has 1 unspecified atom stereocenters. The molecule has 0 aromatic heterocycles. The highest BCUT2D eigenvalue weighted by Gasteiger charge is 2.29. The monoisotopic (exact) mass is 159 g/mol. The van der Waals surface area contributed by atoms with Crippen LogP contribution in [0.2, 0.25) is 0 Å². The molecular weight excluding hydrogens is 142 g/mol. The van der Waals surface area contributed by atoms with Crippen molar-refractivity contribution < 1.29 is 9.84 Å². The van der Waals surface area contributed by atoms with Crippen LogP contribution in [0.15, 0.2) is 0 Å². The van der Waals surface area contributed by atoms with Gasteiger partial charge in [-0.25, -0.2) is 0 Å². The second kappa shape index (κ2) is 4.04. The fourth-order valence-corrected chi connectivity index (χ4v) is 1.29. The Morgan fingerprint density at radius 3 is 2.73 bits per heavy atom. The van der Waals surface area contributed by atoms with E-state index in [4.69, 9.17) is 9.84 Å². The molecule has 3 nitrogen and oxygen atoms in total. The minimum atomic E-state index is 0.249. The van der Waals surface area contributed by atoms with Gasteiger partial charge in [-0.15, -0.1) is 0 Å². The summed E-state index contributed by atoms with van der Waals surface area (Å²) < 4.78 is 5.38. The third kappa shape index (κ3) is 2.15. The third-order valence-corrected chi connectivity index (χ3v) is 2.17. The second-order valence-corrected chi connectivity index (χ2v) is 3.06. The van der Waals surface area contributed by atoms with Crippen LogP contribution in [0.1, 0.15) is 13.8 Å². The van der Waals surface area contributed by atoms with Crippen LogP contribution in [0.25, 0.3) is 0 Å². The molecule has 0 spiro atoms. The van der Waals surface area contributed by atoms with E-state index in [2.05, 4.69) is 4.90 Å². The van der Waals surface area contributed by atoms with Crippen molar-refractivity contribution in [3.05, 3.63) is 0 Å². The first-order valence-electron chi connectivity index (χ1n) is 4.24. The number of nitrogens with zero attached hydrogens (tertiary/aromatic N) is 1. The first kappa shape index (κ1) is 8.97. The van der Waals surface area contributed by atoms with Crippen molar-refractivity contribution in [2.45, 2.75) is 26.0 Å². The molecule has 0 aromatic carbocycles. The Kier molecular flexibility index (Phi) is 3.30. The van der Waals surface area contributed by atoms with Crippen LogP contribution in [-0.4, -0.2) is 48.5 Å². The van der Waals surface area contributed by atoms with Crippen LogP contribution < -0.4 is 0 Å². The molecule has 0 amide bonds. The topological polar surface area (TPSA) is 32.7 Å². The van der Waals surface area contributed by atoms with E-state index in [1.807, 2.05) is 13.8 Å². The van der Waals surface area contributed by atoms with Gasteiger partial charge in [-0.1, -0.05) is 0 Å². The molecule has 1 saturated heterocycles. The van der Waals surface area contributed by atoms with Crippen molar-refractivity contribution in [1.29, 1.82) is 0 Å². The molecule has 0 aliphatic carbocycles. The summed E-state index contributed by atoms with van der Waals surface area (Å²) in [7, 11) is 0. The van der Waals surface area contributed by atoms with Crippen molar-refractivity contribution in [1.82, 2.24) is 4.90 Å². The average Bonchev–Trinajstić information content (AvgIpc) is 1.94. The maximum absolute atomic E-state index is 8.80. The van der Waals surface area contributed by atoms with Gasteiger partial charge < -0.3 is 9.84 Å². The van der Waals surface area contributed by atoms with Crippen LogP contribution >= 0.6 is 0 Å². The van der Waals surface area contributed by atoms with Crippen LogP contribution in [-0.2, 0) is 4.74 Å². The van der Waals surface area contributed by atoms with Gasteiger partial charge >= 0.3 is 0 Å². The number of aliphatic hydroxyl groups is 1. The molecule has 1 aliphatic rings. The Bertz CT molecular complexity index is 113. The molecule has 11 heavy (non-hydrogen) atoms. The lowest BCUT2D eigenvalue weighted by molar-refractivity contribution is -0.0721. The Hall–Kier alpha value is -0.120. The van der Waals surface area contributed by atoms with Crippen LogP contribution in [0.3, 0.4) is 0 Å². The molecule has 66 valence electrons. The number of hydrogen-bond donors (Lipinski definition) is 1. The summed E-state index contributed by atoms with van der Waals surface area (Å²) in [6.45, 7) is 7.05. The van der Waals surface area contributed by atoms with Crippen molar-refractivity contribution in [2.75, 3.05) is 26.3 Å². The lowest BCUT2D eigenvalue weighted by atomic mass is 10.1. The maximum atomic E-state index is 8.80.